The van der Waals surface area contributed by atoms with Crippen LogP contribution in [0.1, 0.15) is 25.0 Å². The smallest absolute Gasteiger partial charge is 0.163 e. The largest absolute Gasteiger partial charge is 0.236 e. The molecular formula is C105H68Br4N12. The van der Waals surface area contributed by atoms with E-state index in [1.807, 2.05) is 152 Å². The van der Waals surface area contributed by atoms with E-state index in [0.29, 0.717) is 45.9 Å². The fraction of sp³-hybridized carbons (Fsp3) is 0.0286. The molecule has 0 spiro atoms. The Kier molecular flexibility index (Phi) is 21.6. The van der Waals surface area contributed by atoms with Crippen LogP contribution in [0.2, 0.25) is 0 Å². The van der Waals surface area contributed by atoms with E-state index in [1.165, 1.54) is 43.8 Å². The van der Waals surface area contributed by atoms with Gasteiger partial charge in [0, 0.05) is 114 Å². The Morgan fingerprint density at radius 2 is 0.537 bits per heavy atom. The predicted octanol–water partition coefficient (Wildman–Crippen LogP) is 28.4. The van der Waals surface area contributed by atoms with Gasteiger partial charge in [-0.25, -0.2) is 59.8 Å². The van der Waals surface area contributed by atoms with Crippen LogP contribution in [0, 0.1) is 0 Å². The van der Waals surface area contributed by atoms with Crippen molar-refractivity contribution in [3.8, 4) is 124 Å². The van der Waals surface area contributed by atoms with Crippen molar-refractivity contribution >= 4 is 129 Å². The zero-order valence-corrected chi connectivity index (χ0v) is 71.5. The lowest BCUT2D eigenvalue weighted by Gasteiger charge is -2.22. The van der Waals surface area contributed by atoms with E-state index in [-0.39, 0.29) is 5.41 Å². The van der Waals surface area contributed by atoms with Gasteiger partial charge < -0.3 is 0 Å². The van der Waals surface area contributed by atoms with Crippen LogP contribution in [0.25, 0.3) is 190 Å². The second-order valence-corrected chi connectivity index (χ2v) is 33.3. The number of hydrogen-bond donors (Lipinski definition) is 0. The lowest BCUT2D eigenvalue weighted by Crippen LogP contribution is -2.15. The fourth-order valence-corrected chi connectivity index (χ4v) is 17.3. The van der Waals surface area contributed by atoms with Gasteiger partial charge in [0.05, 0.1) is 22.8 Å². The molecule has 1 aliphatic carbocycles. The third-order valence-corrected chi connectivity index (χ3v) is 23.5. The van der Waals surface area contributed by atoms with Crippen LogP contribution in [0.15, 0.2) is 395 Å². The molecule has 0 amide bonds. The van der Waals surface area contributed by atoms with Crippen LogP contribution in [0.3, 0.4) is 0 Å². The lowest BCUT2D eigenvalue weighted by atomic mass is 9.82. The van der Waals surface area contributed by atoms with Gasteiger partial charge in [-0.1, -0.05) is 302 Å². The van der Waals surface area contributed by atoms with Crippen molar-refractivity contribution in [1.82, 2.24) is 59.8 Å². The summed E-state index contributed by atoms with van der Waals surface area (Å²) in [6, 6.07) is 120. The molecule has 13 aromatic carbocycles. The molecule has 12 nitrogen and oxygen atoms in total. The molecule has 1 aliphatic rings. The second kappa shape index (κ2) is 33.9. The molecule has 8 aromatic heterocycles. The minimum Gasteiger partial charge on any atom is -0.236 e. The van der Waals surface area contributed by atoms with Crippen molar-refractivity contribution in [3.05, 3.63) is 406 Å². The van der Waals surface area contributed by atoms with Crippen LogP contribution in [0.5, 0.6) is 0 Å². The summed E-state index contributed by atoms with van der Waals surface area (Å²) in [7, 11) is 0. The Bertz CT molecular complexity index is 7470. The monoisotopic (exact) mass is 1810 g/mol. The average molecular weight is 1820 g/mol. The number of hydrogen-bond acceptors (Lipinski definition) is 12. The number of pyridine rings is 4. The molecule has 0 unspecified atom stereocenters. The number of benzene rings is 13. The molecule has 0 N–H and O–H groups in total. The van der Waals surface area contributed by atoms with Crippen LogP contribution in [0.4, 0.5) is 0 Å². The van der Waals surface area contributed by atoms with Gasteiger partial charge in [0.1, 0.15) is 0 Å². The number of halogens is 4. The van der Waals surface area contributed by atoms with E-state index in [2.05, 4.69) is 298 Å². The number of nitrogens with zero attached hydrogens (tertiary/aromatic N) is 12. The molecule has 576 valence electrons. The van der Waals surface area contributed by atoms with E-state index in [0.717, 1.165) is 129 Å². The zero-order valence-electron chi connectivity index (χ0n) is 65.2. The summed E-state index contributed by atoms with van der Waals surface area (Å²) in [4.78, 5) is 57.0. The molecule has 8 heterocycles. The molecule has 0 saturated heterocycles. The third-order valence-electron chi connectivity index (χ3n) is 21.6. The molecule has 0 bridgehead atoms. The van der Waals surface area contributed by atoms with Crippen molar-refractivity contribution in [3.63, 3.8) is 0 Å². The standard InChI is InChI=1S/C31H20BrN3.C28H20BrN3.2C23H14BrN3/c32-27-14-7-13-23(20-27)30-34-29(28-15-8-16-33-31(28)35-30)26-18-24(21-9-3-1-4-10-21)17-25(19-26)22-11-5-2-6-12-22;1-28(2)23-11-4-3-9-20(23)21-13-12-17(16-24(21)28)25-22-10-6-14-30-27(22)32-26(31-25)18-7-5-8-19(29)15-18;24-17-9-3-8-16(14-17)22-26-21(20-12-5-13-25-23(20)27-22)19-11-4-7-15-6-1-2-10-18(15)19;24-19-8-3-7-18(14-19)22-26-21(20-9-4-12-25-23(20)27-22)17-11-10-15-5-1-2-6-16(15)13-17/h1-20H;3-16H,1-2H3;2*1-14H. The summed E-state index contributed by atoms with van der Waals surface area (Å²) in [6.07, 6.45) is 7.10. The number of aromatic nitrogens is 12. The van der Waals surface area contributed by atoms with E-state index in [1.54, 1.807) is 24.8 Å². The van der Waals surface area contributed by atoms with Gasteiger partial charge in [-0.2, -0.15) is 0 Å². The Morgan fingerprint density at radius 3 is 1.02 bits per heavy atom. The first-order valence-electron chi connectivity index (χ1n) is 39.4. The van der Waals surface area contributed by atoms with Gasteiger partial charge in [0.25, 0.3) is 0 Å². The number of rotatable bonds is 10. The van der Waals surface area contributed by atoms with E-state index < -0.39 is 0 Å². The summed E-state index contributed by atoms with van der Waals surface area (Å²) >= 11 is 14.2. The van der Waals surface area contributed by atoms with E-state index in [4.69, 9.17) is 39.9 Å². The van der Waals surface area contributed by atoms with Crippen molar-refractivity contribution in [2.24, 2.45) is 0 Å². The second-order valence-electron chi connectivity index (χ2n) is 29.7. The molecule has 0 radical (unpaired) electrons. The van der Waals surface area contributed by atoms with Gasteiger partial charge in [-0.05, 0) is 193 Å². The van der Waals surface area contributed by atoms with Crippen molar-refractivity contribution < 1.29 is 0 Å². The Morgan fingerprint density at radius 1 is 0.198 bits per heavy atom. The zero-order chi connectivity index (χ0) is 81.9. The molecule has 0 fully saturated rings. The highest BCUT2D eigenvalue weighted by Crippen LogP contribution is 2.50. The molecule has 0 saturated carbocycles. The fourth-order valence-electron chi connectivity index (χ4n) is 15.7. The highest BCUT2D eigenvalue weighted by molar-refractivity contribution is 9.11. The quantitative estimate of drug-likeness (QED) is 0.128. The van der Waals surface area contributed by atoms with Gasteiger partial charge >= 0.3 is 0 Å². The van der Waals surface area contributed by atoms with Crippen molar-refractivity contribution in [2.75, 3.05) is 0 Å². The molecule has 21 aromatic rings. The van der Waals surface area contributed by atoms with Gasteiger partial charge in [-0.15, -0.1) is 0 Å². The molecular weight excluding hydrogens is 1750 g/mol. The van der Waals surface area contributed by atoms with Crippen molar-refractivity contribution in [1.29, 1.82) is 0 Å². The minimum atomic E-state index is -0.0594. The first-order chi connectivity index (χ1) is 59.3. The van der Waals surface area contributed by atoms with Crippen molar-refractivity contribution in [2.45, 2.75) is 19.3 Å². The van der Waals surface area contributed by atoms with Gasteiger partial charge in [0.2, 0.25) is 0 Å². The van der Waals surface area contributed by atoms with Crippen LogP contribution in [-0.2, 0) is 5.41 Å². The van der Waals surface area contributed by atoms with Crippen LogP contribution in [-0.4, -0.2) is 59.8 Å². The molecule has 0 atom stereocenters. The first kappa shape index (κ1) is 77.2. The normalized spacial score (nSPS) is 11.8. The maximum atomic E-state index is 5.08. The SMILES string of the molecule is Brc1cccc(-c2nc(-c3cc(-c4ccccc4)cc(-c4ccccc4)c3)c3cccnc3n2)c1.Brc1cccc(-c2nc(-c3ccc4ccccc4c3)c3cccnc3n2)c1.Brc1cccc(-c2nc(-c3cccc4ccccc34)c3cccnc3n2)c1.CC1(C)c2ccccc2-c2ccc(-c3nc(-c4cccc(Br)c4)nc4ncccc34)cc21. The molecule has 16 heteroatoms. The topological polar surface area (TPSA) is 155 Å². The summed E-state index contributed by atoms with van der Waals surface area (Å²) in [5.74, 6) is 2.67. The van der Waals surface area contributed by atoms with Crippen LogP contribution < -0.4 is 0 Å². The maximum absolute atomic E-state index is 5.08. The predicted molar refractivity (Wildman–Crippen MR) is 507 cm³/mol. The Hall–Kier alpha value is -13.7. The third kappa shape index (κ3) is 16.2. The molecule has 0 aliphatic heterocycles. The van der Waals surface area contributed by atoms with Gasteiger partial charge in [0.15, 0.2) is 45.9 Å². The van der Waals surface area contributed by atoms with E-state index >= 15 is 0 Å². The van der Waals surface area contributed by atoms with Crippen LogP contribution >= 0.6 is 63.7 Å². The van der Waals surface area contributed by atoms with E-state index in [9.17, 15) is 0 Å². The number of fused-ring (bicyclic) bond motifs is 9. The first-order valence-corrected chi connectivity index (χ1v) is 42.5. The highest BCUT2D eigenvalue weighted by atomic mass is 79.9. The summed E-state index contributed by atoms with van der Waals surface area (Å²) in [6.45, 7) is 4.60. The molecule has 22 rings (SSSR count). The highest BCUT2D eigenvalue weighted by Gasteiger charge is 2.36. The summed E-state index contributed by atoms with van der Waals surface area (Å²) < 4.78 is 3.98. The summed E-state index contributed by atoms with van der Waals surface area (Å²) in [5.41, 5.74) is 24.3. The lowest BCUT2D eigenvalue weighted by molar-refractivity contribution is 0.660. The average Bonchev–Trinajstić information content (AvgIpc) is 1.57. The molecule has 121 heavy (non-hydrogen) atoms. The Balaban J connectivity index is 0.000000107. The Labute approximate surface area is 732 Å². The maximum Gasteiger partial charge on any atom is 0.163 e. The summed E-state index contributed by atoms with van der Waals surface area (Å²) in [5, 5.41) is 8.55. The van der Waals surface area contributed by atoms with Gasteiger partial charge in [-0.3, -0.25) is 0 Å². The minimum absolute atomic E-state index is 0.0594.